The molecule has 1 N–H and O–H groups in total. The third-order valence-electron chi connectivity index (χ3n) is 4.74. The van der Waals surface area contributed by atoms with Gasteiger partial charge in [-0.15, -0.1) is 0 Å². The Hall–Kier alpha value is -4.50. The molecule has 0 fully saturated rings. The van der Waals surface area contributed by atoms with Crippen LogP contribution in [-0.2, 0) is 0 Å². The minimum Gasteiger partial charge on any atom is -0.339 e. The lowest BCUT2D eigenvalue weighted by Crippen LogP contribution is -1.97. The van der Waals surface area contributed by atoms with Crippen LogP contribution < -0.4 is 5.32 Å². The van der Waals surface area contributed by atoms with E-state index < -0.39 is 0 Å². The second-order valence-electron chi connectivity index (χ2n) is 6.86. The first-order valence-electron chi connectivity index (χ1n) is 9.74. The number of anilines is 2. The molecule has 5 aromatic rings. The maximum absolute atomic E-state index is 4.71. The molecule has 6 nitrogen and oxygen atoms in total. The van der Waals surface area contributed by atoms with Crippen molar-refractivity contribution in [3.05, 3.63) is 102 Å². The molecule has 0 amide bonds. The monoisotopic (exact) mass is 401 g/mol. The van der Waals surface area contributed by atoms with Gasteiger partial charge in [0, 0.05) is 23.5 Å². The van der Waals surface area contributed by atoms with Gasteiger partial charge in [-0.25, -0.2) is 14.5 Å². The van der Waals surface area contributed by atoms with Crippen LogP contribution in [0.2, 0.25) is 0 Å². The molecule has 1 radical (unpaired) electrons. The van der Waals surface area contributed by atoms with Gasteiger partial charge in [0.05, 0.1) is 23.3 Å². The number of aryl methyl sites for hydroxylation is 1. The Morgan fingerprint density at radius 2 is 1.84 bits per heavy atom. The van der Waals surface area contributed by atoms with Crippen LogP contribution in [-0.4, -0.2) is 24.6 Å². The van der Waals surface area contributed by atoms with Crippen LogP contribution in [0.5, 0.6) is 0 Å². The molecule has 31 heavy (non-hydrogen) atoms. The van der Waals surface area contributed by atoms with Gasteiger partial charge in [-0.3, -0.25) is 4.98 Å². The molecule has 0 atom stereocenters. The first kappa shape index (κ1) is 18.5. The standard InChI is InChI=1S/C25H17N6/c1-18-22(8-5-14-26-18)29-24-16-19(13-15-27-24)9-10-21-17-28-25-12-11-23(30-31(21)25)20-6-3-2-4-7-20/h3-8,11-17H,1H3,(H,27,29). The summed E-state index contributed by atoms with van der Waals surface area (Å²) in [6, 6.07) is 22.3. The van der Waals surface area contributed by atoms with Crippen LogP contribution in [0, 0.1) is 24.8 Å². The highest BCUT2D eigenvalue weighted by molar-refractivity contribution is 5.61. The Balaban J connectivity index is 1.45. The van der Waals surface area contributed by atoms with E-state index in [9.17, 15) is 0 Å². The smallest absolute Gasteiger partial charge is 0.154 e. The summed E-state index contributed by atoms with van der Waals surface area (Å²) in [6.07, 6.45) is 5.23. The molecule has 0 unspecified atom stereocenters. The van der Waals surface area contributed by atoms with E-state index in [1.165, 1.54) is 0 Å². The molecule has 6 heteroatoms. The van der Waals surface area contributed by atoms with Gasteiger partial charge < -0.3 is 5.32 Å². The van der Waals surface area contributed by atoms with Gasteiger partial charge in [0.1, 0.15) is 11.5 Å². The third-order valence-corrected chi connectivity index (χ3v) is 4.74. The molecule has 0 aliphatic heterocycles. The van der Waals surface area contributed by atoms with E-state index in [0.717, 1.165) is 33.8 Å². The number of nitrogens with one attached hydrogen (secondary N) is 1. The van der Waals surface area contributed by atoms with Gasteiger partial charge in [-0.2, -0.15) is 5.10 Å². The second-order valence-corrected chi connectivity index (χ2v) is 6.86. The average molecular weight is 401 g/mol. The van der Waals surface area contributed by atoms with Crippen molar-refractivity contribution in [2.24, 2.45) is 0 Å². The van der Waals surface area contributed by atoms with Gasteiger partial charge in [-0.1, -0.05) is 30.2 Å². The SMILES string of the molecule is Cc1ncccc1Nc1cc(C#Cc2cnc3ccc(-c4cc[c]cc4)nn23)ccn1. The van der Waals surface area contributed by atoms with E-state index in [0.29, 0.717) is 11.5 Å². The maximum Gasteiger partial charge on any atom is 0.154 e. The summed E-state index contributed by atoms with van der Waals surface area (Å²) in [5.74, 6) is 7.08. The zero-order chi connectivity index (χ0) is 21.0. The molecular formula is C25H17N6. The second kappa shape index (κ2) is 8.09. The van der Waals surface area contributed by atoms with E-state index in [2.05, 4.69) is 38.2 Å². The first-order valence-corrected chi connectivity index (χ1v) is 9.74. The Kier molecular flexibility index (Phi) is 4.83. The quantitative estimate of drug-likeness (QED) is 0.453. The number of aromatic nitrogens is 5. The molecule has 4 heterocycles. The number of imidazole rings is 1. The van der Waals surface area contributed by atoms with E-state index in [4.69, 9.17) is 5.10 Å². The molecule has 0 aliphatic carbocycles. The van der Waals surface area contributed by atoms with Gasteiger partial charge in [0.25, 0.3) is 0 Å². The molecule has 4 aromatic heterocycles. The fourth-order valence-electron chi connectivity index (χ4n) is 3.14. The minimum absolute atomic E-state index is 0.710. The van der Waals surface area contributed by atoms with Crippen molar-refractivity contribution < 1.29 is 0 Å². The number of hydrogen-bond donors (Lipinski definition) is 1. The first-order chi connectivity index (χ1) is 15.3. The number of rotatable bonds is 3. The fourth-order valence-corrected chi connectivity index (χ4v) is 3.14. The summed E-state index contributed by atoms with van der Waals surface area (Å²) in [5, 5.41) is 7.99. The summed E-state index contributed by atoms with van der Waals surface area (Å²) < 4.78 is 1.76. The lowest BCUT2D eigenvalue weighted by molar-refractivity contribution is 0.930. The lowest BCUT2D eigenvalue weighted by Gasteiger charge is -2.07. The minimum atomic E-state index is 0.710. The van der Waals surface area contributed by atoms with E-state index in [-0.39, 0.29) is 0 Å². The van der Waals surface area contributed by atoms with Gasteiger partial charge in [0.2, 0.25) is 0 Å². The van der Waals surface area contributed by atoms with Crippen LogP contribution in [0.3, 0.4) is 0 Å². The van der Waals surface area contributed by atoms with Gasteiger partial charge in [-0.05, 0) is 55.3 Å². The van der Waals surface area contributed by atoms with E-state index in [1.54, 1.807) is 23.1 Å². The number of fused-ring (bicyclic) bond motifs is 1. The summed E-state index contributed by atoms with van der Waals surface area (Å²) in [7, 11) is 0. The summed E-state index contributed by atoms with van der Waals surface area (Å²) >= 11 is 0. The van der Waals surface area contributed by atoms with Crippen LogP contribution in [0.25, 0.3) is 16.9 Å². The highest BCUT2D eigenvalue weighted by Gasteiger charge is 2.06. The highest BCUT2D eigenvalue weighted by Crippen LogP contribution is 2.18. The normalized spacial score (nSPS) is 10.5. The largest absolute Gasteiger partial charge is 0.339 e. The molecule has 0 spiro atoms. The van der Waals surface area contributed by atoms with Crippen LogP contribution in [0.15, 0.2) is 79.3 Å². The summed E-state index contributed by atoms with van der Waals surface area (Å²) in [6.45, 7) is 1.95. The molecule has 0 saturated carbocycles. The van der Waals surface area contributed by atoms with Crippen LogP contribution >= 0.6 is 0 Å². The van der Waals surface area contributed by atoms with E-state index >= 15 is 0 Å². The Bertz CT molecular complexity index is 1430. The number of benzene rings is 1. The zero-order valence-corrected chi connectivity index (χ0v) is 16.7. The van der Waals surface area contributed by atoms with Crippen molar-refractivity contribution >= 4 is 17.2 Å². The van der Waals surface area contributed by atoms with Crippen molar-refractivity contribution in [2.75, 3.05) is 5.32 Å². The predicted molar refractivity (Wildman–Crippen MR) is 120 cm³/mol. The Labute approximate surface area is 179 Å². The maximum atomic E-state index is 4.71. The van der Waals surface area contributed by atoms with Crippen LogP contribution in [0.4, 0.5) is 11.5 Å². The van der Waals surface area contributed by atoms with Crippen molar-refractivity contribution in [2.45, 2.75) is 6.92 Å². The number of nitrogens with zero attached hydrogens (tertiary/aromatic N) is 5. The van der Waals surface area contributed by atoms with Gasteiger partial charge >= 0.3 is 0 Å². The zero-order valence-electron chi connectivity index (χ0n) is 16.7. The number of pyridine rings is 2. The molecule has 0 saturated heterocycles. The molecule has 147 valence electrons. The lowest BCUT2D eigenvalue weighted by atomic mass is 10.1. The molecular weight excluding hydrogens is 384 g/mol. The van der Waals surface area contributed by atoms with Crippen molar-refractivity contribution in [1.29, 1.82) is 0 Å². The highest BCUT2D eigenvalue weighted by atomic mass is 15.3. The van der Waals surface area contributed by atoms with E-state index in [1.807, 2.05) is 67.6 Å². The van der Waals surface area contributed by atoms with Crippen LogP contribution in [0.1, 0.15) is 17.0 Å². The molecule has 0 bridgehead atoms. The molecule has 1 aromatic carbocycles. The summed E-state index contributed by atoms with van der Waals surface area (Å²) in [5.41, 5.74) is 5.99. The fraction of sp³-hybridized carbons (Fsp3) is 0.0400. The topological polar surface area (TPSA) is 68.0 Å². The number of hydrogen-bond acceptors (Lipinski definition) is 5. The Morgan fingerprint density at radius 1 is 0.935 bits per heavy atom. The molecule has 0 aliphatic rings. The van der Waals surface area contributed by atoms with Crippen molar-refractivity contribution in [3.63, 3.8) is 0 Å². The average Bonchev–Trinajstić information content (AvgIpc) is 3.22. The predicted octanol–water partition coefficient (Wildman–Crippen LogP) is 4.44. The van der Waals surface area contributed by atoms with Crippen molar-refractivity contribution in [1.82, 2.24) is 24.6 Å². The Morgan fingerprint density at radius 3 is 2.71 bits per heavy atom. The molecule has 5 rings (SSSR count). The summed E-state index contributed by atoms with van der Waals surface area (Å²) in [4.78, 5) is 13.1. The van der Waals surface area contributed by atoms with Gasteiger partial charge in [0.15, 0.2) is 5.65 Å². The van der Waals surface area contributed by atoms with Crippen molar-refractivity contribution in [3.8, 4) is 23.1 Å². The third kappa shape index (κ3) is 3.98.